The lowest BCUT2D eigenvalue weighted by molar-refractivity contribution is -0.142. The van der Waals surface area contributed by atoms with Gasteiger partial charge in [0, 0.05) is 36.9 Å². The number of hydrogen-bond donors (Lipinski definition) is 0. The molecular weight excluding hydrogens is 557 g/mol. The Hall–Kier alpha value is -3.46. The fourth-order valence-corrected chi connectivity index (χ4v) is 5.46. The number of ether oxygens (including phenoxy) is 1. The van der Waals surface area contributed by atoms with E-state index in [-0.39, 0.29) is 37.4 Å². The molecule has 0 aliphatic heterocycles. The van der Waals surface area contributed by atoms with Crippen molar-refractivity contribution in [1.82, 2.24) is 9.78 Å². The van der Waals surface area contributed by atoms with Crippen LogP contribution < -0.4 is 0 Å². The second kappa shape index (κ2) is 13.5. The maximum Gasteiger partial charge on any atom is 0.435 e. The molecule has 41 heavy (non-hydrogen) atoms. The lowest BCUT2D eigenvalue weighted by Gasteiger charge is -2.28. The van der Waals surface area contributed by atoms with E-state index in [1.807, 2.05) is 24.3 Å². The molecule has 1 aromatic heterocycles. The largest absolute Gasteiger partial charge is 0.469 e. The van der Waals surface area contributed by atoms with Gasteiger partial charge < -0.3 is 4.74 Å². The molecule has 1 aliphatic rings. The highest BCUT2D eigenvalue weighted by atomic mass is 35.5. The van der Waals surface area contributed by atoms with E-state index < -0.39 is 23.2 Å². The monoisotopic (exact) mass is 588 g/mol. The standard InChI is InChI=1S/C31H32ClF3N2O4/c1-41-29(40)18-21-7-11-23(12-8-21)22-9-5-20(6-10-22)17-26(38)3-2-4-28(39)27-19-37(36-30(27)31(33,34)35)25-15-13-24(32)14-16-25/h5-6,9-10,13-16,19,21,23H,2-4,7-8,11-12,17-18H2,1H3. The van der Waals surface area contributed by atoms with Crippen LogP contribution in [0.1, 0.15) is 84.5 Å². The molecule has 1 aliphatic carbocycles. The number of Topliss-reactive ketones (excluding diaryl/α,β-unsaturated/α-hetero) is 2. The van der Waals surface area contributed by atoms with Gasteiger partial charge in [-0.25, -0.2) is 4.68 Å². The fourth-order valence-electron chi connectivity index (χ4n) is 5.34. The quantitative estimate of drug-likeness (QED) is 0.171. The maximum atomic E-state index is 13.6. The third kappa shape index (κ3) is 8.28. The molecule has 1 saturated carbocycles. The Labute approximate surface area is 241 Å². The van der Waals surface area contributed by atoms with Crippen LogP contribution in [0.25, 0.3) is 5.69 Å². The van der Waals surface area contributed by atoms with Crippen LogP contribution in [0.2, 0.25) is 5.02 Å². The summed E-state index contributed by atoms with van der Waals surface area (Å²) in [6.45, 7) is 0. The highest BCUT2D eigenvalue weighted by Crippen LogP contribution is 2.37. The van der Waals surface area contributed by atoms with Gasteiger partial charge in [0.1, 0.15) is 5.78 Å². The Morgan fingerprint density at radius 3 is 2.24 bits per heavy atom. The minimum absolute atomic E-state index is 0.0817. The Balaban J connectivity index is 1.27. The normalized spacial score (nSPS) is 17.3. The van der Waals surface area contributed by atoms with Crippen molar-refractivity contribution in [2.75, 3.05) is 7.11 Å². The first-order chi connectivity index (χ1) is 19.5. The van der Waals surface area contributed by atoms with Crippen LogP contribution in [-0.4, -0.2) is 34.4 Å². The summed E-state index contributed by atoms with van der Waals surface area (Å²) < 4.78 is 46.6. The topological polar surface area (TPSA) is 78.3 Å². The van der Waals surface area contributed by atoms with E-state index in [0.717, 1.165) is 42.1 Å². The van der Waals surface area contributed by atoms with Crippen LogP contribution in [0.5, 0.6) is 0 Å². The van der Waals surface area contributed by atoms with Crippen molar-refractivity contribution in [1.29, 1.82) is 0 Å². The number of nitrogens with zero attached hydrogens (tertiary/aromatic N) is 2. The molecule has 1 fully saturated rings. The van der Waals surface area contributed by atoms with Gasteiger partial charge >= 0.3 is 12.1 Å². The minimum atomic E-state index is -4.80. The van der Waals surface area contributed by atoms with E-state index in [1.54, 1.807) is 0 Å². The van der Waals surface area contributed by atoms with Crippen LogP contribution in [-0.2, 0) is 26.9 Å². The summed E-state index contributed by atoms with van der Waals surface area (Å²) in [7, 11) is 1.41. The summed E-state index contributed by atoms with van der Waals surface area (Å²) >= 11 is 5.85. The number of halogens is 4. The van der Waals surface area contributed by atoms with E-state index in [1.165, 1.54) is 36.9 Å². The first-order valence-corrected chi connectivity index (χ1v) is 14.0. The molecule has 4 rings (SSSR count). The second-order valence-corrected chi connectivity index (χ2v) is 11.0. The Morgan fingerprint density at radius 2 is 1.63 bits per heavy atom. The zero-order valence-electron chi connectivity index (χ0n) is 22.8. The molecule has 1 heterocycles. The van der Waals surface area contributed by atoms with Gasteiger partial charge in [0.25, 0.3) is 0 Å². The Kier molecular flexibility index (Phi) is 10.0. The smallest absolute Gasteiger partial charge is 0.435 e. The Morgan fingerprint density at radius 1 is 0.976 bits per heavy atom. The molecule has 0 atom stereocenters. The number of aromatic nitrogens is 2. The van der Waals surface area contributed by atoms with Crippen molar-refractivity contribution < 1.29 is 32.3 Å². The molecule has 0 unspecified atom stereocenters. The van der Waals surface area contributed by atoms with Crippen LogP contribution in [0, 0.1) is 5.92 Å². The van der Waals surface area contributed by atoms with Crippen molar-refractivity contribution in [3.63, 3.8) is 0 Å². The third-order valence-corrected chi connectivity index (χ3v) is 7.87. The third-order valence-electron chi connectivity index (χ3n) is 7.62. The predicted octanol–water partition coefficient (Wildman–Crippen LogP) is 7.55. The molecule has 0 spiro atoms. The first kappa shape index (κ1) is 30.5. The number of ketones is 2. The van der Waals surface area contributed by atoms with Gasteiger partial charge in [-0.2, -0.15) is 18.3 Å². The zero-order chi connectivity index (χ0) is 29.6. The molecule has 2 aromatic carbocycles. The number of methoxy groups -OCH3 is 1. The lowest BCUT2D eigenvalue weighted by atomic mass is 9.77. The van der Waals surface area contributed by atoms with E-state index in [2.05, 4.69) is 5.10 Å². The minimum Gasteiger partial charge on any atom is -0.469 e. The Bertz CT molecular complexity index is 1360. The zero-order valence-corrected chi connectivity index (χ0v) is 23.5. The van der Waals surface area contributed by atoms with Gasteiger partial charge in [0.15, 0.2) is 11.5 Å². The molecule has 0 bridgehead atoms. The molecule has 0 N–H and O–H groups in total. The highest BCUT2D eigenvalue weighted by Gasteiger charge is 2.39. The number of alkyl halides is 3. The average molecular weight is 589 g/mol. The van der Waals surface area contributed by atoms with Crippen LogP contribution in [0.15, 0.2) is 54.7 Å². The van der Waals surface area contributed by atoms with Gasteiger partial charge in [-0.3, -0.25) is 14.4 Å². The van der Waals surface area contributed by atoms with Crippen LogP contribution in [0.3, 0.4) is 0 Å². The van der Waals surface area contributed by atoms with E-state index >= 15 is 0 Å². The van der Waals surface area contributed by atoms with Gasteiger partial charge in [-0.15, -0.1) is 0 Å². The summed E-state index contributed by atoms with van der Waals surface area (Å²) in [4.78, 5) is 36.8. The number of rotatable bonds is 11. The van der Waals surface area contributed by atoms with Crippen molar-refractivity contribution in [2.45, 2.75) is 69.9 Å². The van der Waals surface area contributed by atoms with Gasteiger partial charge in [-0.1, -0.05) is 35.9 Å². The van der Waals surface area contributed by atoms with Crippen LogP contribution >= 0.6 is 11.6 Å². The molecule has 0 radical (unpaired) electrons. The van der Waals surface area contributed by atoms with E-state index in [4.69, 9.17) is 16.3 Å². The van der Waals surface area contributed by atoms with Gasteiger partial charge in [0.2, 0.25) is 0 Å². The fraction of sp³-hybridized carbons (Fsp3) is 0.419. The van der Waals surface area contributed by atoms with Gasteiger partial charge in [0.05, 0.1) is 18.4 Å². The van der Waals surface area contributed by atoms with Crippen LogP contribution in [0.4, 0.5) is 13.2 Å². The SMILES string of the molecule is COC(=O)CC1CCC(c2ccc(CC(=O)CCCC(=O)c3cn(-c4ccc(Cl)cc4)nc3C(F)(F)F)cc2)CC1. The van der Waals surface area contributed by atoms with Crippen molar-refractivity contribution in [2.24, 2.45) is 5.92 Å². The molecule has 0 amide bonds. The van der Waals surface area contributed by atoms with Crippen molar-refractivity contribution in [3.8, 4) is 5.69 Å². The molecule has 10 heteroatoms. The molecule has 0 saturated heterocycles. The number of carbonyl (C=O) groups excluding carboxylic acids is 3. The highest BCUT2D eigenvalue weighted by molar-refractivity contribution is 6.30. The summed E-state index contributed by atoms with van der Waals surface area (Å²) in [5.74, 6) is -0.173. The maximum absolute atomic E-state index is 13.6. The summed E-state index contributed by atoms with van der Waals surface area (Å²) in [5.41, 5.74) is 0.637. The predicted molar refractivity (Wildman–Crippen MR) is 148 cm³/mol. The summed E-state index contributed by atoms with van der Waals surface area (Å²) in [5, 5.41) is 4.02. The summed E-state index contributed by atoms with van der Waals surface area (Å²) in [6.07, 6.45) is 0.935. The molecule has 6 nitrogen and oxygen atoms in total. The first-order valence-electron chi connectivity index (χ1n) is 13.7. The number of benzene rings is 2. The second-order valence-electron chi connectivity index (χ2n) is 10.5. The van der Waals surface area contributed by atoms with Gasteiger partial charge in [-0.05, 0) is 79.3 Å². The average Bonchev–Trinajstić information content (AvgIpc) is 3.41. The van der Waals surface area contributed by atoms with Crippen molar-refractivity contribution >= 4 is 29.1 Å². The van der Waals surface area contributed by atoms with E-state index in [0.29, 0.717) is 29.0 Å². The number of carbonyl (C=O) groups is 3. The van der Waals surface area contributed by atoms with Crippen molar-refractivity contribution in [3.05, 3.63) is 82.1 Å². The number of hydrogen-bond acceptors (Lipinski definition) is 5. The molecule has 218 valence electrons. The summed E-state index contributed by atoms with van der Waals surface area (Å²) in [6, 6.07) is 14.0. The van der Waals surface area contributed by atoms with E-state index in [9.17, 15) is 27.6 Å². The lowest BCUT2D eigenvalue weighted by Crippen LogP contribution is -2.17. The number of esters is 1. The molecular formula is C31H32ClF3N2O4. The molecule has 3 aromatic rings.